The van der Waals surface area contributed by atoms with Gasteiger partial charge in [-0.3, -0.25) is 9.48 Å². The van der Waals surface area contributed by atoms with E-state index in [1.165, 1.54) is 5.56 Å². The van der Waals surface area contributed by atoms with Crippen molar-refractivity contribution in [3.63, 3.8) is 0 Å². The number of nitrogens with zero attached hydrogens (tertiary/aromatic N) is 2. The monoisotopic (exact) mass is 270 g/mol. The number of rotatable bonds is 4. The molecule has 1 aromatic carbocycles. The van der Waals surface area contributed by atoms with Crippen LogP contribution in [-0.2, 0) is 13.0 Å². The summed E-state index contributed by atoms with van der Waals surface area (Å²) in [6.45, 7) is 4.22. The van der Waals surface area contributed by atoms with Crippen LogP contribution in [0, 0.1) is 6.92 Å². The zero-order valence-electron chi connectivity index (χ0n) is 11.5. The van der Waals surface area contributed by atoms with Gasteiger partial charge in [0.1, 0.15) is 0 Å². The topological polar surface area (TPSA) is 59.0 Å². The van der Waals surface area contributed by atoms with Crippen molar-refractivity contribution in [2.24, 2.45) is 0 Å². The zero-order chi connectivity index (χ0) is 13.9. The molecule has 0 fully saturated rings. The normalized spacial score (nSPS) is 12.8. The van der Waals surface area contributed by atoms with Crippen molar-refractivity contribution in [2.45, 2.75) is 19.9 Å². The van der Waals surface area contributed by atoms with E-state index in [4.69, 9.17) is 0 Å². The number of hydrogen-bond donors (Lipinski definition) is 2. The molecule has 0 saturated heterocycles. The summed E-state index contributed by atoms with van der Waals surface area (Å²) >= 11 is 0. The lowest BCUT2D eigenvalue weighted by molar-refractivity contribution is 0.0952. The largest absolute Gasteiger partial charge is 0.384 e. The van der Waals surface area contributed by atoms with Crippen LogP contribution in [0.3, 0.4) is 0 Å². The maximum Gasteiger partial charge on any atom is 0.251 e. The van der Waals surface area contributed by atoms with Crippen molar-refractivity contribution in [1.82, 2.24) is 15.1 Å². The van der Waals surface area contributed by atoms with Gasteiger partial charge in [0.15, 0.2) is 0 Å². The SMILES string of the molecule is Cc1cnn(CCNC(=O)c2ccc3c(c2)CCN3)c1. The molecule has 0 unspecified atom stereocenters. The minimum atomic E-state index is -0.0245. The zero-order valence-corrected chi connectivity index (χ0v) is 11.5. The van der Waals surface area contributed by atoms with Crippen LogP contribution >= 0.6 is 0 Å². The summed E-state index contributed by atoms with van der Waals surface area (Å²) in [4.78, 5) is 12.1. The van der Waals surface area contributed by atoms with Crippen molar-refractivity contribution in [2.75, 3.05) is 18.4 Å². The molecule has 2 N–H and O–H groups in total. The molecule has 1 amide bonds. The Labute approximate surface area is 118 Å². The number of aryl methyl sites for hydroxylation is 1. The fourth-order valence-electron chi connectivity index (χ4n) is 2.42. The molecule has 5 nitrogen and oxygen atoms in total. The van der Waals surface area contributed by atoms with E-state index >= 15 is 0 Å². The molecular formula is C15H18N4O. The maximum absolute atomic E-state index is 12.1. The molecule has 0 aliphatic carbocycles. The first-order valence-corrected chi connectivity index (χ1v) is 6.86. The third kappa shape index (κ3) is 2.66. The first-order valence-electron chi connectivity index (χ1n) is 6.86. The highest BCUT2D eigenvalue weighted by Crippen LogP contribution is 2.22. The maximum atomic E-state index is 12.1. The van der Waals surface area contributed by atoms with E-state index in [1.807, 2.05) is 42.2 Å². The third-order valence-electron chi connectivity index (χ3n) is 3.47. The number of aromatic nitrogens is 2. The Kier molecular flexibility index (Phi) is 3.41. The van der Waals surface area contributed by atoms with Crippen LogP contribution in [0.15, 0.2) is 30.6 Å². The third-order valence-corrected chi connectivity index (χ3v) is 3.47. The number of carbonyl (C=O) groups excluding carboxylic acids is 1. The Hall–Kier alpha value is -2.30. The minimum Gasteiger partial charge on any atom is -0.384 e. The second-order valence-electron chi connectivity index (χ2n) is 5.09. The number of amides is 1. The molecule has 104 valence electrons. The van der Waals surface area contributed by atoms with Gasteiger partial charge in [0.05, 0.1) is 12.7 Å². The molecule has 20 heavy (non-hydrogen) atoms. The van der Waals surface area contributed by atoms with Gasteiger partial charge in [-0.1, -0.05) is 0 Å². The summed E-state index contributed by atoms with van der Waals surface area (Å²) in [5, 5.41) is 10.4. The molecule has 0 atom stereocenters. The Morgan fingerprint density at radius 1 is 1.50 bits per heavy atom. The van der Waals surface area contributed by atoms with E-state index in [0.717, 1.165) is 29.8 Å². The molecule has 2 heterocycles. The quantitative estimate of drug-likeness (QED) is 0.887. The van der Waals surface area contributed by atoms with Gasteiger partial charge in [-0.2, -0.15) is 5.10 Å². The average Bonchev–Trinajstić information content (AvgIpc) is 3.06. The fraction of sp³-hybridized carbons (Fsp3) is 0.333. The van der Waals surface area contributed by atoms with Crippen molar-refractivity contribution < 1.29 is 4.79 Å². The first-order chi connectivity index (χ1) is 9.72. The van der Waals surface area contributed by atoms with E-state index in [9.17, 15) is 4.79 Å². The number of nitrogens with one attached hydrogen (secondary N) is 2. The predicted molar refractivity (Wildman–Crippen MR) is 77.9 cm³/mol. The van der Waals surface area contributed by atoms with Crippen LogP contribution in [0.5, 0.6) is 0 Å². The Balaban J connectivity index is 1.56. The highest BCUT2D eigenvalue weighted by molar-refractivity contribution is 5.95. The highest BCUT2D eigenvalue weighted by Gasteiger charge is 2.13. The van der Waals surface area contributed by atoms with Crippen LogP contribution in [0.1, 0.15) is 21.5 Å². The van der Waals surface area contributed by atoms with Crippen LogP contribution in [-0.4, -0.2) is 28.8 Å². The van der Waals surface area contributed by atoms with Crippen LogP contribution in [0.4, 0.5) is 5.69 Å². The van der Waals surface area contributed by atoms with Crippen molar-refractivity contribution in [1.29, 1.82) is 0 Å². The summed E-state index contributed by atoms with van der Waals surface area (Å²) in [7, 11) is 0. The molecule has 0 radical (unpaired) electrons. The van der Waals surface area contributed by atoms with E-state index in [-0.39, 0.29) is 5.91 Å². The number of benzene rings is 1. The Morgan fingerprint density at radius 2 is 2.40 bits per heavy atom. The lowest BCUT2D eigenvalue weighted by Gasteiger charge is -2.07. The van der Waals surface area contributed by atoms with E-state index in [1.54, 1.807) is 0 Å². The van der Waals surface area contributed by atoms with E-state index in [2.05, 4.69) is 15.7 Å². The molecule has 5 heteroatoms. The summed E-state index contributed by atoms with van der Waals surface area (Å²) in [6.07, 6.45) is 4.77. The summed E-state index contributed by atoms with van der Waals surface area (Å²) in [5.74, 6) is -0.0245. The number of fused-ring (bicyclic) bond motifs is 1. The first kappa shape index (κ1) is 12.7. The smallest absolute Gasteiger partial charge is 0.251 e. The summed E-state index contributed by atoms with van der Waals surface area (Å²) in [6, 6.07) is 5.82. The van der Waals surface area contributed by atoms with Crippen molar-refractivity contribution >= 4 is 11.6 Å². The molecule has 2 aromatic rings. The second kappa shape index (κ2) is 5.36. The average molecular weight is 270 g/mol. The van der Waals surface area contributed by atoms with Gasteiger partial charge < -0.3 is 10.6 Å². The molecular weight excluding hydrogens is 252 g/mol. The number of anilines is 1. The fourth-order valence-corrected chi connectivity index (χ4v) is 2.42. The molecule has 0 spiro atoms. The van der Waals surface area contributed by atoms with Gasteiger partial charge in [-0.15, -0.1) is 0 Å². The minimum absolute atomic E-state index is 0.0245. The molecule has 3 rings (SSSR count). The van der Waals surface area contributed by atoms with Gasteiger partial charge in [-0.25, -0.2) is 0 Å². The van der Waals surface area contributed by atoms with Crippen molar-refractivity contribution in [3.05, 3.63) is 47.3 Å². The molecule has 0 bridgehead atoms. The van der Waals surface area contributed by atoms with Crippen LogP contribution < -0.4 is 10.6 Å². The van der Waals surface area contributed by atoms with Crippen molar-refractivity contribution in [3.8, 4) is 0 Å². The number of hydrogen-bond acceptors (Lipinski definition) is 3. The lowest BCUT2D eigenvalue weighted by atomic mass is 10.1. The van der Waals surface area contributed by atoms with Gasteiger partial charge >= 0.3 is 0 Å². The van der Waals surface area contributed by atoms with Gasteiger partial charge in [0.2, 0.25) is 0 Å². The Bertz CT molecular complexity index is 633. The summed E-state index contributed by atoms with van der Waals surface area (Å²) < 4.78 is 1.84. The van der Waals surface area contributed by atoms with Crippen LogP contribution in [0.2, 0.25) is 0 Å². The standard InChI is InChI=1S/C15H18N4O/c1-11-9-18-19(10-11)7-6-17-15(20)13-2-3-14-12(8-13)4-5-16-14/h2-3,8-10,16H,4-7H2,1H3,(H,17,20). The highest BCUT2D eigenvalue weighted by atomic mass is 16.1. The molecule has 1 aromatic heterocycles. The number of carbonyl (C=O) groups is 1. The van der Waals surface area contributed by atoms with Gasteiger partial charge in [0.25, 0.3) is 5.91 Å². The van der Waals surface area contributed by atoms with E-state index in [0.29, 0.717) is 13.1 Å². The Morgan fingerprint density at radius 3 is 3.20 bits per heavy atom. The predicted octanol–water partition coefficient (Wildman–Crippen LogP) is 1.59. The van der Waals surface area contributed by atoms with Crippen LogP contribution in [0.25, 0.3) is 0 Å². The second-order valence-corrected chi connectivity index (χ2v) is 5.09. The molecule has 0 saturated carbocycles. The van der Waals surface area contributed by atoms with Gasteiger partial charge in [0, 0.05) is 30.5 Å². The van der Waals surface area contributed by atoms with Gasteiger partial charge in [-0.05, 0) is 42.7 Å². The lowest BCUT2D eigenvalue weighted by Crippen LogP contribution is -2.27. The van der Waals surface area contributed by atoms with E-state index < -0.39 is 0 Å². The molecule has 1 aliphatic rings. The molecule has 1 aliphatic heterocycles. The summed E-state index contributed by atoms with van der Waals surface area (Å²) in [5.41, 5.74) is 4.22.